The third-order valence-electron chi connectivity index (χ3n) is 6.04. The van der Waals surface area contributed by atoms with Crippen LogP contribution < -0.4 is 5.32 Å². The highest BCUT2D eigenvalue weighted by molar-refractivity contribution is 6.13. The maximum atomic E-state index is 12.9. The fourth-order valence-corrected chi connectivity index (χ4v) is 4.13. The first-order valence-corrected chi connectivity index (χ1v) is 11.4. The van der Waals surface area contributed by atoms with Crippen molar-refractivity contribution in [3.8, 4) is 0 Å². The largest absolute Gasteiger partial charge is 0.379 e. The number of hydrogen-bond donors (Lipinski definition) is 1. The van der Waals surface area contributed by atoms with Crippen LogP contribution in [0.5, 0.6) is 0 Å². The van der Waals surface area contributed by atoms with Crippen LogP contribution >= 0.6 is 0 Å². The van der Waals surface area contributed by atoms with Gasteiger partial charge < -0.3 is 15.0 Å². The number of carbonyl (C=O) groups is 3. The zero-order valence-electron chi connectivity index (χ0n) is 18.7. The lowest BCUT2D eigenvalue weighted by Crippen LogP contribution is -2.53. The molecule has 0 unspecified atom stereocenters. The summed E-state index contributed by atoms with van der Waals surface area (Å²) in [6.07, 6.45) is 0. The average molecular weight is 451 g/mol. The van der Waals surface area contributed by atoms with E-state index in [2.05, 4.69) is 10.2 Å². The Balaban J connectivity index is 1.27. The van der Waals surface area contributed by atoms with Gasteiger partial charge in [0, 0.05) is 50.4 Å². The first-order valence-electron chi connectivity index (χ1n) is 11.4. The minimum absolute atomic E-state index is 0.126. The number of rotatable bonds is 7. The van der Waals surface area contributed by atoms with Gasteiger partial charge in [0.1, 0.15) is 0 Å². The Kier molecular flexibility index (Phi) is 7.83. The van der Waals surface area contributed by atoms with E-state index in [-0.39, 0.29) is 24.1 Å². The fourth-order valence-electron chi connectivity index (χ4n) is 4.13. The number of para-hydroxylation sites is 1. The van der Waals surface area contributed by atoms with Gasteiger partial charge in [-0.25, -0.2) is 0 Å². The van der Waals surface area contributed by atoms with Crippen molar-refractivity contribution in [1.29, 1.82) is 0 Å². The first kappa shape index (κ1) is 23.1. The lowest BCUT2D eigenvalue weighted by atomic mass is 10.0. The summed E-state index contributed by atoms with van der Waals surface area (Å²) >= 11 is 0. The monoisotopic (exact) mass is 450 g/mol. The second-order valence-corrected chi connectivity index (χ2v) is 8.33. The molecular formula is C25H30N4O4. The molecule has 2 aromatic carbocycles. The van der Waals surface area contributed by atoms with E-state index in [4.69, 9.17) is 4.74 Å². The number of nitrogens with zero attached hydrogens (tertiary/aromatic N) is 3. The van der Waals surface area contributed by atoms with Crippen molar-refractivity contribution >= 4 is 23.3 Å². The topological polar surface area (TPSA) is 82.2 Å². The van der Waals surface area contributed by atoms with Crippen molar-refractivity contribution in [3.63, 3.8) is 0 Å². The van der Waals surface area contributed by atoms with Crippen LogP contribution in [-0.2, 0) is 14.3 Å². The van der Waals surface area contributed by atoms with Gasteiger partial charge in [-0.15, -0.1) is 0 Å². The van der Waals surface area contributed by atoms with E-state index in [0.717, 1.165) is 13.1 Å². The highest BCUT2D eigenvalue weighted by Crippen LogP contribution is 2.19. The van der Waals surface area contributed by atoms with Gasteiger partial charge in [0.25, 0.3) is 0 Å². The zero-order chi connectivity index (χ0) is 23.0. The molecule has 8 heteroatoms. The molecule has 0 bridgehead atoms. The molecule has 2 aliphatic heterocycles. The Labute approximate surface area is 194 Å². The van der Waals surface area contributed by atoms with E-state index in [0.29, 0.717) is 62.8 Å². The molecule has 2 fully saturated rings. The molecule has 0 atom stereocenters. The van der Waals surface area contributed by atoms with Crippen LogP contribution in [0.25, 0.3) is 0 Å². The lowest BCUT2D eigenvalue weighted by molar-refractivity contribution is -0.135. The summed E-state index contributed by atoms with van der Waals surface area (Å²) in [5, 5.41) is 2.90. The van der Waals surface area contributed by atoms with E-state index in [1.807, 2.05) is 28.0 Å². The normalized spacial score (nSPS) is 17.5. The van der Waals surface area contributed by atoms with E-state index < -0.39 is 0 Å². The summed E-state index contributed by atoms with van der Waals surface area (Å²) < 4.78 is 5.33. The summed E-state index contributed by atoms with van der Waals surface area (Å²) in [6, 6.07) is 16.1. The van der Waals surface area contributed by atoms with Gasteiger partial charge in [0.2, 0.25) is 11.8 Å². The van der Waals surface area contributed by atoms with Crippen molar-refractivity contribution in [1.82, 2.24) is 14.7 Å². The Morgan fingerprint density at radius 3 is 2.12 bits per heavy atom. The number of hydrogen-bond acceptors (Lipinski definition) is 6. The van der Waals surface area contributed by atoms with Crippen LogP contribution in [0.4, 0.5) is 5.69 Å². The second kappa shape index (κ2) is 11.2. The zero-order valence-corrected chi connectivity index (χ0v) is 18.7. The molecule has 174 valence electrons. The van der Waals surface area contributed by atoms with Crippen LogP contribution in [0.3, 0.4) is 0 Å². The Bertz CT molecular complexity index is 967. The summed E-state index contributed by atoms with van der Waals surface area (Å²) in [6.45, 7) is 6.10. The SMILES string of the molecule is O=C(CN1CCN(C(=O)CN2CCOCC2)CC1)Nc1ccccc1C(=O)c1ccccc1. The second-order valence-electron chi connectivity index (χ2n) is 8.33. The van der Waals surface area contributed by atoms with Crippen LogP contribution in [0, 0.1) is 0 Å². The molecule has 2 aromatic rings. The van der Waals surface area contributed by atoms with Crippen molar-refractivity contribution in [2.75, 3.05) is 70.9 Å². The predicted molar refractivity (Wildman–Crippen MR) is 125 cm³/mol. The van der Waals surface area contributed by atoms with Crippen LogP contribution in [0.2, 0.25) is 0 Å². The van der Waals surface area contributed by atoms with Gasteiger partial charge in [-0.2, -0.15) is 0 Å². The third-order valence-corrected chi connectivity index (χ3v) is 6.04. The highest BCUT2D eigenvalue weighted by atomic mass is 16.5. The van der Waals surface area contributed by atoms with Gasteiger partial charge in [0.05, 0.1) is 32.0 Å². The Hall–Kier alpha value is -3.07. The number of benzene rings is 2. The van der Waals surface area contributed by atoms with Gasteiger partial charge in [-0.3, -0.25) is 24.2 Å². The molecule has 0 spiro atoms. The number of carbonyl (C=O) groups excluding carboxylic acids is 3. The van der Waals surface area contributed by atoms with Crippen LogP contribution in [0.1, 0.15) is 15.9 Å². The van der Waals surface area contributed by atoms with Gasteiger partial charge >= 0.3 is 0 Å². The number of anilines is 1. The van der Waals surface area contributed by atoms with E-state index in [1.165, 1.54) is 0 Å². The molecule has 2 heterocycles. The molecule has 8 nitrogen and oxygen atoms in total. The molecule has 0 radical (unpaired) electrons. The maximum absolute atomic E-state index is 12.9. The molecule has 2 saturated heterocycles. The highest BCUT2D eigenvalue weighted by Gasteiger charge is 2.25. The molecule has 0 saturated carbocycles. The van der Waals surface area contributed by atoms with E-state index >= 15 is 0 Å². The molecule has 0 aromatic heterocycles. The average Bonchev–Trinajstić information content (AvgIpc) is 2.85. The van der Waals surface area contributed by atoms with Gasteiger partial charge in [-0.1, -0.05) is 42.5 Å². The number of ketones is 1. The summed E-state index contributed by atoms with van der Waals surface area (Å²) in [4.78, 5) is 44.2. The smallest absolute Gasteiger partial charge is 0.238 e. The van der Waals surface area contributed by atoms with Crippen LogP contribution in [-0.4, -0.2) is 97.9 Å². The Morgan fingerprint density at radius 1 is 0.758 bits per heavy atom. The molecule has 1 N–H and O–H groups in total. The van der Waals surface area contributed by atoms with Crippen LogP contribution in [0.15, 0.2) is 54.6 Å². The lowest BCUT2D eigenvalue weighted by Gasteiger charge is -2.36. The van der Waals surface area contributed by atoms with E-state index in [1.54, 1.807) is 36.4 Å². The van der Waals surface area contributed by atoms with E-state index in [9.17, 15) is 14.4 Å². The van der Waals surface area contributed by atoms with Crippen molar-refractivity contribution in [2.24, 2.45) is 0 Å². The fraction of sp³-hybridized carbons (Fsp3) is 0.400. The summed E-state index contributed by atoms with van der Waals surface area (Å²) in [5.41, 5.74) is 1.56. The number of piperazine rings is 1. The molecule has 2 aliphatic rings. The third kappa shape index (κ3) is 6.25. The van der Waals surface area contributed by atoms with Crippen molar-refractivity contribution < 1.29 is 19.1 Å². The van der Waals surface area contributed by atoms with Gasteiger partial charge in [0.15, 0.2) is 5.78 Å². The number of morpholine rings is 1. The summed E-state index contributed by atoms with van der Waals surface area (Å²) in [7, 11) is 0. The maximum Gasteiger partial charge on any atom is 0.238 e. The number of ether oxygens (including phenoxy) is 1. The first-order chi connectivity index (χ1) is 16.1. The van der Waals surface area contributed by atoms with Crippen molar-refractivity contribution in [2.45, 2.75) is 0 Å². The molecule has 2 amide bonds. The van der Waals surface area contributed by atoms with Crippen molar-refractivity contribution in [3.05, 3.63) is 65.7 Å². The minimum atomic E-state index is -0.170. The summed E-state index contributed by atoms with van der Waals surface area (Å²) in [5.74, 6) is -0.162. The minimum Gasteiger partial charge on any atom is -0.379 e. The standard InChI is InChI=1S/C25H30N4O4/c30-23(26-22-9-5-4-8-21(22)25(32)20-6-2-1-3-7-20)18-27-10-12-29(13-11-27)24(31)19-28-14-16-33-17-15-28/h1-9H,10-19H2,(H,26,30). The number of nitrogens with one attached hydrogen (secondary N) is 1. The van der Waals surface area contributed by atoms with Gasteiger partial charge in [-0.05, 0) is 12.1 Å². The quantitative estimate of drug-likeness (QED) is 0.641. The molecule has 4 rings (SSSR count). The number of amides is 2. The predicted octanol–water partition coefficient (Wildman–Crippen LogP) is 1.33. The Morgan fingerprint density at radius 2 is 1.39 bits per heavy atom. The molecular weight excluding hydrogens is 420 g/mol. The molecule has 33 heavy (non-hydrogen) atoms. The molecule has 0 aliphatic carbocycles.